The van der Waals surface area contributed by atoms with Gasteiger partial charge in [-0.15, -0.1) is 11.8 Å². The first-order valence-corrected chi connectivity index (χ1v) is 15.2. The summed E-state index contributed by atoms with van der Waals surface area (Å²) in [6.07, 6.45) is 0. The van der Waals surface area contributed by atoms with Gasteiger partial charge in [-0.05, 0) is 24.6 Å². The molecule has 0 saturated carbocycles. The first-order valence-electron chi connectivity index (χ1n) is 12.7. The topological polar surface area (TPSA) is 193 Å². The highest BCUT2D eigenvalue weighted by atomic mass is 32.2. The number of amides is 2. The molecule has 17 heteroatoms. The molecule has 2 aliphatic heterocycles. The fourth-order valence-corrected chi connectivity index (χ4v) is 6.02. The Labute approximate surface area is 252 Å². The summed E-state index contributed by atoms with van der Waals surface area (Å²) in [6.45, 7) is 3.25. The molecule has 0 spiro atoms. The molecule has 2 heterocycles. The lowest BCUT2D eigenvalue weighted by Gasteiger charge is -2.49. The van der Waals surface area contributed by atoms with Gasteiger partial charge in [-0.1, -0.05) is 36.7 Å². The molecule has 1 saturated heterocycles. The molecule has 1 unspecified atom stereocenters. The second-order valence-corrected chi connectivity index (χ2v) is 12.2. The Kier molecular flexibility index (Phi) is 11.4. The number of hydrogen-bond donors (Lipinski definition) is 1. The molecule has 1 aromatic rings. The van der Waals surface area contributed by atoms with Gasteiger partial charge in [0, 0.05) is 12.9 Å². The van der Waals surface area contributed by atoms with Crippen molar-refractivity contribution in [1.82, 2.24) is 10.2 Å². The van der Waals surface area contributed by atoms with E-state index in [1.165, 1.54) is 31.0 Å². The maximum Gasteiger partial charge on any atom is 0.358 e. The van der Waals surface area contributed by atoms with E-state index in [9.17, 15) is 32.4 Å². The van der Waals surface area contributed by atoms with Crippen molar-refractivity contribution in [3.05, 3.63) is 41.1 Å². The van der Waals surface area contributed by atoms with E-state index < -0.39 is 76.1 Å². The van der Waals surface area contributed by atoms with Crippen LogP contribution in [0.1, 0.15) is 19.4 Å². The van der Waals surface area contributed by atoms with Crippen LogP contribution in [0.5, 0.6) is 0 Å². The number of hydrogen-bond acceptors (Lipinski definition) is 14. The molecule has 1 N–H and O–H groups in total. The van der Waals surface area contributed by atoms with Gasteiger partial charge in [0.2, 0.25) is 18.3 Å². The van der Waals surface area contributed by atoms with E-state index in [4.69, 9.17) is 18.4 Å². The number of carbonyl (C=O) groups excluding carboxylic acids is 5. The van der Waals surface area contributed by atoms with Crippen LogP contribution < -0.4 is 5.32 Å². The van der Waals surface area contributed by atoms with Crippen molar-refractivity contribution in [2.45, 2.75) is 37.1 Å². The number of carbonyl (C=O) groups is 5. The fraction of sp³-hybridized carbons (Fsp3) is 0.462. The number of aryl methyl sites for hydroxylation is 1. The zero-order chi connectivity index (χ0) is 31.9. The van der Waals surface area contributed by atoms with Gasteiger partial charge in [-0.2, -0.15) is 8.42 Å². The molecule has 0 aromatic heterocycles. The number of thioether (sulfide) groups is 1. The van der Waals surface area contributed by atoms with Crippen LogP contribution in [-0.2, 0) is 57.3 Å². The second-order valence-electron chi connectivity index (χ2n) is 9.49. The van der Waals surface area contributed by atoms with E-state index in [1.807, 2.05) is 0 Å². The van der Waals surface area contributed by atoms with Gasteiger partial charge >= 0.3 is 11.9 Å². The van der Waals surface area contributed by atoms with Crippen LogP contribution in [0.25, 0.3) is 0 Å². The summed E-state index contributed by atoms with van der Waals surface area (Å²) in [5.41, 5.74) is 0.294. The third-order valence-electron chi connectivity index (χ3n) is 6.02. The van der Waals surface area contributed by atoms with E-state index in [0.29, 0.717) is 5.57 Å². The number of nitrogens with one attached hydrogen (secondary N) is 1. The lowest BCUT2D eigenvalue weighted by atomic mass is 10.0. The third kappa shape index (κ3) is 7.98. The van der Waals surface area contributed by atoms with Crippen LogP contribution in [0.15, 0.2) is 45.6 Å². The van der Waals surface area contributed by atoms with Crippen LogP contribution in [0.2, 0.25) is 0 Å². The van der Waals surface area contributed by atoms with Crippen molar-refractivity contribution in [3.63, 3.8) is 0 Å². The largest absolute Gasteiger partial charge is 0.428 e. The van der Waals surface area contributed by atoms with Crippen LogP contribution in [-0.4, -0.2) is 100.0 Å². The minimum absolute atomic E-state index is 0.00137. The molecule has 43 heavy (non-hydrogen) atoms. The fourth-order valence-electron chi connectivity index (χ4n) is 3.83. The number of rotatable bonds is 14. The summed E-state index contributed by atoms with van der Waals surface area (Å²) in [4.78, 5) is 68.9. The number of Topliss-reactive ketones (excluding diaryl/α,β-unsaturated/α-hetero) is 1. The summed E-state index contributed by atoms with van der Waals surface area (Å²) < 4.78 is 44.8. The van der Waals surface area contributed by atoms with Crippen molar-refractivity contribution in [2.24, 2.45) is 11.1 Å². The van der Waals surface area contributed by atoms with Crippen molar-refractivity contribution >= 4 is 57.1 Å². The van der Waals surface area contributed by atoms with Crippen LogP contribution in [0.4, 0.5) is 0 Å². The highest BCUT2D eigenvalue weighted by molar-refractivity contribution is 8.00. The SMILES string of the molecule is COCC1=C(C(=O)OCOC(=O)C(C)C)N2C(=O)C(NC(=O)/C(=N\OC)C(=O)COS(=O)(=O)c3ccc(C)cc3)[C@H]2SC1. The van der Waals surface area contributed by atoms with Crippen molar-refractivity contribution in [2.75, 3.05) is 40.0 Å². The smallest absolute Gasteiger partial charge is 0.358 e. The summed E-state index contributed by atoms with van der Waals surface area (Å²) >= 11 is 1.21. The van der Waals surface area contributed by atoms with Crippen molar-refractivity contribution in [3.8, 4) is 0 Å². The number of nitrogens with zero attached hydrogens (tertiary/aromatic N) is 2. The van der Waals surface area contributed by atoms with Gasteiger partial charge in [0.05, 0.1) is 17.4 Å². The number of fused-ring (bicyclic) bond motifs is 1. The molecule has 1 fully saturated rings. The average molecular weight is 642 g/mol. The molecule has 3 rings (SSSR count). The van der Waals surface area contributed by atoms with Crippen molar-refractivity contribution < 1.29 is 55.6 Å². The Balaban J connectivity index is 1.68. The zero-order valence-electron chi connectivity index (χ0n) is 24.0. The first-order chi connectivity index (χ1) is 20.3. The highest BCUT2D eigenvalue weighted by Crippen LogP contribution is 2.40. The number of benzene rings is 1. The van der Waals surface area contributed by atoms with Gasteiger partial charge in [-0.25, -0.2) is 4.79 Å². The first kappa shape index (κ1) is 33.7. The quantitative estimate of drug-likeness (QED) is 0.0554. The average Bonchev–Trinajstić information content (AvgIpc) is 2.97. The van der Waals surface area contributed by atoms with Crippen LogP contribution in [0.3, 0.4) is 0 Å². The number of ether oxygens (including phenoxy) is 3. The van der Waals surface area contributed by atoms with E-state index in [-0.39, 0.29) is 23.0 Å². The summed E-state index contributed by atoms with van der Waals surface area (Å²) in [6, 6.07) is 4.51. The molecule has 234 valence electrons. The standard InChI is InChI=1S/C26H31N3O12S2/c1-14(2)25(33)39-13-40-26(34)21-16(10-37-4)12-42-24-20(23(32)29(21)24)27-22(31)19(28-38-5)18(30)11-41-43(35,36)17-8-6-15(3)7-9-17/h6-9,14,20,24H,10-13H2,1-5H3,(H,27,31)/b28-19-/t20?,24-/m1/s1. The molecule has 0 bridgehead atoms. The lowest BCUT2D eigenvalue weighted by molar-refractivity contribution is -0.170. The van der Waals surface area contributed by atoms with Gasteiger partial charge in [0.25, 0.3) is 21.9 Å². The normalized spacial score (nSPS) is 18.5. The summed E-state index contributed by atoms with van der Waals surface area (Å²) in [5, 5.41) is 5.01. The third-order valence-corrected chi connectivity index (χ3v) is 8.64. The molecule has 2 atom stereocenters. The van der Waals surface area contributed by atoms with E-state index >= 15 is 0 Å². The Morgan fingerprint density at radius 1 is 1.12 bits per heavy atom. The molecule has 1 aromatic carbocycles. The Bertz CT molecular complexity index is 1440. The number of ketones is 1. The molecule has 2 aliphatic rings. The summed E-state index contributed by atoms with van der Waals surface area (Å²) in [5.74, 6) is -4.69. The van der Waals surface area contributed by atoms with E-state index in [1.54, 1.807) is 32.9 Å². The minimum Gasteiger partial charge on any atom is -0.428 e. The van der Waals surface area contributed by atoms with E-state index in [2.05, 4.69) is 15.3 Å². The molecule has 0 radical (unpaired) electrons. The van der Waals surface area contributed by atoms with Gasteiger partial charge in [-0.3, -0.25) is 28.3 Å². The number of esters is 2. The summed E-state index contributed by atoms with van der Waals surface area (Å²) in [7, 11) is -1.86. The minimum atomic E-state index is -4.33. The molecular formula is C26H31N3O12S2. The van der Waals surface area contributed by atoms with Crippen LogP contribution in [0, 0.1) is 12.8 Å². The monoisotopic (exact) mass is 641 g/mol. The maximum absolute atomic E-state index is 13.1. The van der Waals surface area contributed by atoms with Gasteiger partial charge < -0.3 is 24.4 Å². The Morgan fingerprint density at radius 3 is 2.40 bits per heavy atom. The van der Waals surface area contributed by atoms with Crippen LogP contribution >= 0.6 is 11.8 Å². The number of oxime groups is 1. The second kappa shape index (κ2) is 14.6. The molecule has 0 aliphatic carbocycles. The lowest BCUT2D eigenvalue weighted by Crippen LogP contribution is -2.71. The molecule has 2 amide bonds. The number of methoxy groups -OCH3 is 1. The predicted octanol–water partition coefficient (Wildman–Crippen LogP) is 0.272. The zero-order valence-corrected chi connectivity index (χ0v) is 25.6. The van der Waals surface area contributed by atoms with Gasteiger partial charge in [0.15, 0.2) is 0 Å². The predicted molar refractivity (Wildman–Crippen MR) is 150 cm³/mol. The van der Waals surface area contributed by atoms with E-state index in [0.717, 1.165) is 17.6 Å². The van der Waals surface area contributed by atoms with Crippen molar-refractivity contribution in [1.29, 1.82) is 0 Å². The number of β-lactam (4-membered cyclic amide) rings is 1. The Morgan fingerprint density at radius 2 is 1.79 bits per heavy atom. The van der Waals surface area contributed by atoms with Gasteiger partial charge in [0.1, 0.15) is 30.8 Å². The molecular weight excluding hydrogens is 610 g/mol. The highest BCUT2D eigenvalue weighted by Gasteiger charge is 2.55. The maximum atomic E-state index is 13.1. The molecule has 15 nitrogen and oxygen atoms in total. The Hall–Kier alpha value is -3.80.